The van der Waals surface area contributed by atoms with Gasteiger partial charge in [0.25, 0.3) is 0 Å². The maximum absolute atomic E-state index is 3.69. The molecule has 1 aliphatic heterocycles. The van der Waals surface area contributed by atoms with Crippen molar-refractivity contribution in [3.05, 3.63) is 0 Å². The standard InChI is InChI=1S/C14H30N2S/c1-11(2)6-14-9-16(13(4)7-15-14)8-12(3)10-17-5/h11-15H,6-10H2,1-5H3. The fourth-order valence-electron chi connectivity index (χ4n) is 2.71. The van der Waals surface area contributed by atoms with Crippen molar-refractivity contribution in [2.45, 2.75) is 46.2 Å². The van der Waals surface area contributed by atoms with Gasteiger partial charge in [-0.25, -0.2) is 0 Å². The average Bonchev–Trinajstić information content (AvgIpc) is 2.22. The van der Waals surface area contributed by atoms with Crippen LogP contribution < -0.4 is 5.32 Å². The number of nitrogens with zero attached hydrogens (tertiary/aromatic N) is 1. The molecule has 0 aromatic rings. The molecule has 0 radical (unpaired) electrons. The molecule has 102 valence electrons. The van der Waals surface area contributed by atoms with Crippen molar-refractivity contribution in [1.82, 2.24) is 10.2 Å². The lowest BCUT2D eigenvalue weighted by molar-refractivity contribution is 0.119. The van der Waals surface area contributed by atoms with Gasteiger partial charge in [-0.1, -0.05) is 20.8 Å². The third-order valence-corrected chi connectivity index (χ3v) is 4.44. The van der Waals surface area contributed by atoms with Crippen LogP contribution in [0.3, 0.4) is 0 Å². The van der Waals surface area contributed by atoms with Gasteiger partial charge in [0.1, 0.15) is 0 Å². The fraction of sp³-hybridized carbons (Fsp3) is 1.00. The van der Waals surface area contributed by atoms with Crippen molar-refractivity contribution in [3.63, 3.8) is 0 Å². The summed E-state index contributed by atoms with van der Waals surface area (Å²) in [6, 6.07) is 1.40. The molecular formula is C14H30N2S. The van der Waals surface area contributed by atoms with E-state index in [0.717, 1.165) is 18.4 Å². The van der Waals surface area contributed by atoms with E-state index in [1.165, 1.54) is 25.3 Å². The second kappa shape index (κ2) is 7.65. The molecule has 1 saturated heterocycles. The molecule has 0 amide bonds. The van der Waals surface area contributed by atoms with Crippen LogP contribution in [0, 0.1) is 11.8 Å². The Bertz CT molecular complexity index is 208. The smallest absolute Gasteiger partial charge is 0.0198 e. The highest BCUT2D eigenvalue weighted by atomic mass is 32.2. The number of piperazine rings is 1. The van der Waals surface area contributed by atoms with E-state index >= 15 is 0 Å². The van der Waals surface area contributed by atoms with E-state index in [2.05, 4.69) is 44.2 Å². The van der Waals surface area contributed by atoms with Crippen LogP contribution in [0.15, 0.2) is 0 Å². The molecule has 3 heteroatoms. The average molecular weight is 258 g/mol. The Balaban J connectivity index is 2.40. The van der Waals surface area contributed by atoms with Crippen LogP contribution in [0.1, 0.15) is 34.1 Å². The summed E-state index contributed by atoms with van der Waals surface area (Å²) >= 11 is 1.97. The number of rotatable bonds is 6. The minimum absolute atomic E-state index is 0.697. The molecule has 3 unspecified atom stereocenters. The molecule has 1 fully saturated rings. The van der Waals surface area contributed by atoms with Crippen molar-refractivity contribution >= 4 is 11.8 Å². The molecule has 0 spiro atoms. The third kappa shape index (κ3) is 5.62. The maximum atomic E-state index is 3.69. The molecule has 17 heavy (non-hydrogen) atoms. The van der Waals surface area contributed by atoms with Gasteiger partial charge in [0.05, 0.1) is 0 Å². The van der Waals surface area contributed by atoms with Crippen molar-refractivity contribution in [1.29, 1.82) is 0 Å². The van der Waals surface area contributed by atoms with Crippen molar-refractivity contribution in [2.24, 2.45) is 11.8 Å². The van der Waals surface area contributed by atoms with Crippen LogP contribution in [-0.2, 0) is 0 Å². The highest BCUT2D eigenvalue weighted by Gasteiger charge is 2.26. The summed E-state index contributed by atoms with van der Waals surface area (Å²) < 4.78 is 0. The van der Waals surface area contributed by atoms with E-state index in [0.29, 0.717) is 12.1 Å². The molecule has 1 heterocycles. The Morgan fingerprint density at radius 2 is 2.06 bits per heavy atom. The molecule has 1 rings (SSSR count). The van der Waals surface area contributed by atoms with E-state index in [9.17, 15) is 0 Å². The topological polar surface area (TPSA) is 15.3 Å². The van der Waals surface area contributed by atoms with Crippen LogP contribution >= 0.6 is 11.8 Å². The summed E-state index contributed by atoms with van der Waals surface area (Å²) in [7, 11) is 0. The summed E-state index contributed by atoms with van der Waals surface area (Å²) in [5, 5.41) is 3.69. The predicted molar refractivity (Wildman–Crippen MR) is 79.8 cm³/mol. The predicted octanol–water partition coefficient (Wildman–Crippen LogP) is 2.69. The molecule has 0 aromatic carbocycles. The summed E-state index contributed by atoms with van der Waals surface area (Å²) in [5.41, 5.74) is 0. The van der Waals surface area contributed by atoms with Gasteiger partial charge < -0.3 is 5.32 Å². The van der Waals surface area contributed by atoms with Crippen LogP contribution in [-0.4, -0.2) is 48.6 Å². The minimum Gasteiger partial charge on any atom is -0.311 e. The molecule has 1 N–H and O–H groups in total. The normalized spacial score (nSPS) is 28.6. The first kappa shape index (κ1) is 15.3. The van der Waals surface area contributed by atoms with E-state index in [-0.39, 0.29) is 0 Å². The van der Waals surface area contributed by atoms with Gasteiger partial charge in [-0.05, 0) is 37.2 Å². The van der Waals surface area contributed by atoms with Crippen LogP contribution in [0.5, 0.6) is 0 Å². The number of hydrogen-bond donors (Lipinski definition) is 1. The first-order valence-electron chi connectivity index (χ1n) is 6.99. The minimum atomic E-state index is 0.697. The van der Waals surface area contributed by atoms with Gasteiger partial charge in [-0.3, -0.25) is 4.90 Å². The SMILES string of the molecule is CSCC(C)CN1CC(CC(C)C)NCC1C. The monoisotopic (exact) mass is 258 g/mol. The summed E-state index contributed by atoms with van der Waals surface area (Å²) in [6.07, 6.45) is 3.51. The highest BCUT2D eigenvalue weighted by Crippen LogP contribution is 2.16. The van der Waals surface area contributed by atoms with E-state index in [1.54, 1.807) is 0 Å². The highest BCUT2D eigenvalue weighted by molar-refractivity contribution is 7.98. The van der Waals surface area contributed by atoms with Gasteiger partial charge >= 0.3 is 0 Å². The molecule has 0 aliphatic carbocycles. The molecular weight excluding hydrogens is 228 g/mol. The van der Waals surface area contributed by atoms with Crippen LogP contribution in [0.2, 0.25) is 0 Å². The fourth-order valence-corrected chi connectivity index (χ4v) is 3.39. The van der Waals surface area contributed by atoms with Crippen molar-refractivity contribution in [3.8, 4) is 0 Å². The van der Waals surface area contributed by atoms with Crippen LogP contribution in [0.25, 0.3) is 0 Å². The number of thioether (sulfide) groups is 1. The van der Waals surface area contributed by atoms with E-state index < -0.39 is 0 Å². The molecule has 2 nitrogen and oxygen atoms in total. The Kier molecular flexibility index (Phi) is 6.90. The second-order valence-electron chi connectivity index (χ2n) is 6.10. The number of hydrogen-bond acceptors (Lipinski definition) is 3. The lowest BCUT2D eigenvalue weighted by Crippen LogP contribution is -2.56. The van der Waals surface area contributed by atoms with Gasteiger partial charge in [-0.15, -0.1) is 0 Å². The Morgan fingerprint density at radius 3 is 2.65 bits per heavy atom. The van der Waals surface area contributed by atoms with E-state index in [1.807, 2.05) is 11.8 Å². The van der Waals surface area contributed by atoms with Gasteiger partial charge in [-0.2, -0.15) is 11.8 Å². The lowest BCUT2D eigenvalue weighted by Gasteiger charge is -2.40. The van der Waals surface area contributed by atoms with Crippen molar-refractivity contribution < 1.29 is 0 Å². The molecule has 1 aliphatic rings. The summed E-state index contributed by atoms with van der Waals surface area (Å²) in [6.45, 7) is 13.0. The Morgan fingerprint density at radius 1 is 1.35 bits per heavy atom. The maximum Gasteiger partial charge on any atom is 0.0198 e. The molecule has 3 atom stereocenters. The first-order valence-corrected chi connectivity index (χ1v) is 8.38. The third-order valence-electron chi connectivity index (χ3n) is 3.53. The largest absolute Gasteiger partial charge is 0.311 e. The number of nitrogens with one attached hydrogen (secondary N) is 1. The summed E-state index contributed by atoms with van der Waals surface area (Å²) in [4.78, 5) is 2.68. The zero-order valence-corrected chi connectivity index (χ0v) is 13.0. The Hall–Kier alpha value is 0.270. The Labute approximate surface area is 112 Å². The zero-order chi connectivity index (χ0) is 12.8. The quantitative estimate of drug-likeness (QED) is 0.788. The summed E-state index contributed by atoms with van der Waals surface area (Å²) in [5.74, 6) is 2.89. The second-order valence-corrected chi connectivity index (χ2v) is 7.01. The molecule has 0 aromatic heterocycles. The first-order chi connectivity index (χ1) is 8.02. The van der Waals surface area contributed by atoms with E-state index in [4.69, 9.17) is 0 Å². The van der Waals surface area contributed by atoms with Crippen LogP contribution in [0.4, 0.5) is 0 Å². The molecule has 0 saturated carbocycles. The zero-order valence-electron chi connectivity index (χ0n) is 12.2. The van der Waals surface area contributed by atoms with Crippen molar-refractivity contribution in [2.75, 3.05) is 31.6 Å². The van der Waals surface area contributed by atoms with Gasteiger partial charge in [0.15, 0.2) is 0 Å². The molecule has 0 bridgehead atoms. The van der Waals surface area contributed by atoms with Gasteiger partial charge in [0, 0.05) is 31.7 Å². The lowest BCUT2D eigenvalue weighted by atomic mass is 9.99. The van der Waals surface area contributed by atoms with Gasteiger partial charge in [0.2, 0.25) is 0 Å².